The molecule has 0 aliphatic carbocycles. The third-order valence-corrected chi connectivity index (χ3v) is 11.0. The quantitative estimate of drug-likeness (QED) is 0.483. The largest absolute Gasteiger partial charge is 0.383 e. The minimum Gasteiger partial charge on any atom is -0.383 e. The van der Waals surface area contributed by atoms with Gasteiger partial charge in [0.1, 0.15) is 0 Å². The second-order valence-corrected chi connectivity index (χ2v) is 13.2. The molecule has 0 spiro atoms. The number of rotatable bonds is 2. The van der Waals surface area contributed by atoms with Crippen LogP contribution in [0.2, 0.25) is 0 Å². The van der Waals surface area contributed by atoms with Crippen LogP contribution in [0.4, 0.5) is 17.1 Å². The maximum absolute atomic E-state index is 13.7. The third kappa shape index (κ3) is 3.72. The molecule has 0 aromatic heterocycles. The van der Waals surface area contributed by atoms with Crippen LogP contribution in [0.25, 0.3) is 0 Å². The first-order valence-corrected chi connectivity index (χ1v) is 14.7. The first kappa shape index (κ1) is 21.1. The van der Waals surface area contributed by atoms with Gasteiger partial charge >= 0.3 is 0 Å². The van der Waals surface area contributed by atoms with Crippen LogP contribution in [-0.4, -0.2) is 37.2 Å². The highest BCUT2D eigenvalue weighted by atomic mass is 32.2. The van der Waals surface area contributed by atoms with Crippen molar-refractivity contribution in [1.82, 2.24) is 0 Å². The minimum absolute atomic E-state index is 0.0805. The fourth-order valence-electron chi connectivity index (χ4n) is 4.61. The summed E-state index contributed by atoms with van der Waals surface area (Å²) in [5, 5.41) is 9.84. The van der Waals surface area contributed by atoms with E-state index in [9.17, 15) is 12.6 Å². The summed E-state index contributed by atoms with van der Waals surface area (Å²) in [6.07, 6.45) is 0. The molecular weight excluding hydrogens is 474 g/mol. The summed E-state index contributed by atoms with van der Waals surface area (Å²) < 4.78 is 38.8. The van der Waals surface area contributed by atoms with E-state index < -0.39 is 20.6 Å². The Bertz CT molecular complexity index is 1390. The molecule has 0 saturated carbocycles. The number of benzene rings is 3. The van der Waals surface area contributed by atoms with Crippen molar-refractivity contribution in [2.24, 2.45) is 0 Å². The molecule has 3 aromatic carbocycles. The van der Waals surface area contributed by atoms with Crippen LogP contribution in [0.1, 0.15) is 22.4 Å². The van der Waals surface area contributed by atoms with Crippen LogP contribution in [0, 0.1) is 0 Å². The van der Waals surface area contributed by atoms with E-state index >= 15 is 0 Å². The molecular formula is C24H23N3O3S3. The first-order valence-electron chi connectivity index (χ1n) is 10.9. The number of nitrogens with one attached hydrogen (secondary N) is 3. The molecule has 3 aromatic rings. The number of para-hydroxylation sites is 1. The smallest absolute Gasteiger partial charge is 0.182 e. The first-order chi connectivity index (χ1) is 16.0. The van der Waals surface area contributed by atoms with E-state index in [-0.39, 0.29) is 17.0 Å². The molecule has 9 heteroatoms. The standard InChI is InChI=1S/C24H23N3O3S3/c28-32-22-11-15(20-14-31-21-4-2-1-3-17(21)27-20)5-7-18(22)26-13-23(32)16-6-8-19-24(12-16)33(29,30)10-9-25-19/h1-8,11-12,20,23,25-27H,9-10,13-14H2. The van der Waals surface area contributed by atoms with Crippen LogP contribution in [0.3, 0.4) is 0 Å². The van der Waals surface area contributed by atoms with Crippen molar-refractivity contribution in [3.8, 4) is 0 Å². The van der Waals surface area contributed by atoms with Gasteiger partial charge in [-0.25, -0.2) is 8.42 Å². The molecule has 3 N–H and O–H groups in total. The van der Waals surface area contributed by atoms with Gasteiger partial charge in [0.05, 0.1) is 49.0 Å². The predicted molar refractivity (Wildman–Crippen MR) is 135 cm³/mol. The highest BCUT2D eigenvalue weighted by Crippen LogP contribution is 2.41. The molecule has 6 nitrogen and oxygen atoms in total. The van der Waals surface area contributed by atoms with E-state index in [1.807, 2.05) is 42.1 Å². The fraction of sp³-hybridized carbons (Fsp3) is 0.250. The number of hydrogen-bond donors (Lipinski definition) is 3. The van der Waals surface area contributed by atoms with E-state index in [4.69, 9.17) is 0 Å². The van der Waals surface area contributed by atoms with E-state index in [1.165, 1.54) is 4.90 Å². The van der Waals surface area contributed by atoms with Crippen molar-refractivity contribution >= 4 is 49.5 Å². The molecule has 170 valence electrons. The molecule has 0 amide bonds. The summed E-state index contributed by atoms with van der Waals surface area (Å²) in [4.78, 5) is 2.33. The number of sulfone groups is 1. The van der Waals surface area contributed by atoms with Gasteiger partial charge in [-0.15, -0.1) is 11.8 Å². The molecule has 0 saturated heterocycles. The highest BCUT2D eigenvalue weighted by molar-refractivity contribution is 7.99. The molecule has 3 heterocycles. The second kappa shape index (κ2) is 8.07. The van der Waals surface area contributed by atoms with Gasteiger partial charge in [-0.2, -0.15) is 0 Å². The van der Waals surface area contributed by atoms with Crippen LogP contribution in [-0.2, 0) is 20.6 Å². The molecule has 3 aliphatic rings. The van der Waals surface area contributed by atoms with Gasteiger partial charge < -0.3 is 16.0 Å². The molecule has 3 aliphatic heterocycles. The van der Waals surface area contributed by atoms with Gasteiger partial charge in [0, 0.05) is 29.4 Å². The number of fused-ring (bicyclic) bond motifs is 3. The lowest BCUT2D eigenvalue weighted by Gasteiger charge is -2.30. The van der Waals surface area contributed by atoms with Crippen molar-refractivity contribution in [3.63, 3.8) is 0 Å². The third-order valence-electron chi connectivity index (χ3n) is 6.38. The molecule has 3 atom stereocenters. The molecule has 0 bridgehead atoms. The van der Waals surface area contributed by atoms with E-state index in [2.05, 4.69) is 34.1 Å². The van der Waals surface area contributed by atoms with E-state index in [0.29, 0.717) is 23.7 Å². The Morgan fingerprint density at radius 2 is 1.73 bits per heavy atom. The Morgan fingerprint density at radius 3 is 2.64 bits per heavy atom. The summed E-state index contributed by atoms with van der Waals surface area (Å²) in [6, 6.07) is 19.9. The molecule has 0 radical (unpaired) electrons. The van der Waals surface area contributed by atoms with Gasteiger partial charge in [-0.3, -0.25) is 4.21 Å². The summed E-state index contributed by atoms with van der Waals surface area (Å²) in [7, 11) is -4.62. The summed E-state index contributed by atoms with van der Waals surface area (Å²) in [5.41, 5.74) is 4.51. The SMILES string of the molecule is O=S1c2cc(C3CSc4ccccc4N3)ccc2NCC1c1ccc2c(c1)S(=O)(=O)CCN2. The van der Waals surface area contributed by atoms with E-state index in [0.717, 1.165) is 33.2 Å². The Kier molecular flexibility index (Phi) is 5.15. The highest BCUT2D eigenvalue weighted by Gasteiger charge is 2.31. The zero-order chi connectivity index (χ0) is 22.6. The minimum atomic E-state index is -3.32. The van der Waals surface area contributed by atoms with Gasteiger partial charge in [0.2, 0.25) is 0 Å². The predicted octanol–water partition coefficient (Wildman–Crippen LogP) is 4.42. The van der Waals surface area contributed by atoms with Gasteiger partial charge in [0.25, 0.3) is 0 Å². The zero-order valence-electron chi connectivity index (χ0n) is 17.7. The maximum Gasteiger partial charge on any atom is 0.182 e. The van der Waals surface area contributed by atoms with Crippen LogP contribution >= 0.6 is 11.8 Å². The Morgan fingerprint density at radius 1 is 0.909 bits per heavy atom. The monoisotopic (exact) mass is 497 g/mol. The summed E-state index contributed by atoms with van der Waals surface area (Å²) in [6.45, 7) is 0.913. The average molecular weight is 498 g/mol. The van der Waals surface area contributed by atoms with Crippen LogP contribution in [0.15, 0.2) is 75.4 Å². The molecule has 0 fully saturated rings. The topological polar surface area (TPSA) is 87.3 Å². The van der Waals surface area contributed by atoms with Crippen molar-refractivity contribution < 1.29 is 12.6 Å². The lowest BCUT2D eigenvalue weighted by molar-refractivity contribution is 0.594. The number of hydrogen-bond acceptors (Lipinski definition) is 7. The Labute approximate surface area is 199 Å². The number of anilines is 3. The van der Waals surface area contributed by atoms with Crippen LogP contribution in [0.5, 0.6) is 0 Å². The maximum atomic E-state index is 13.7. The zero-order valence-corrected chi connectivity index (χ0v) is 20.2. The number of thioether (sulfide) groups is 1. The average Bonchev–Trinajstić information content (AvgIpc) is 2.84. The van der Waals surface area contributed by atoms with Crippen molar-refractivity contribution in [2.75, 3.05) is 40.5 Å². The summed E-state index contributed by atoms with van der Waals surface area (Å²) in [5.74, 6) is 0.978. The van der Waals surface area contributed by atoms with Crippen molar-refractivity contribution in [3.05, 3.63) is 71.8 Å². The van der Waals surface area contributed by atoms with Crippen molar-refractivity contribution in [2.45, 2.75) is 26.0 Å². The Balaban J connectivity index is 1.31. The van der Waals surface area contributed by atoms with Gasteiger partial charge in [-0.05, 0) is 47.5 Å². The summed E-state index contributed by atoms with van der Waals surface area (Å²) >= 11 is 1.82. The lowest BCUT2D eigenvalue weighted by Crippen LogP contribution is -2.26. The van der Waals surface area contributed by atoms with Crippen molar-refractivity contribution in [1.29, 1.82) is 0 Å². The lowest BCUT2D eigenvalue weighted by atomic mass is 10.1. The van der Waals surface area contributed by atoms with Gasteiger partial charge in [-0.1, -0.05) is 24.3 Å². The van der Waals surface area contributed by atoms with Gasteiger partial charge in [0.15, 0.2) is 9.84 Å². The second-order valence-electron chi connectivity index (χ2n) is 8.43. The fourth-order valence-corrected chi connectivity index (χ4v) is 8.61. The van der Waals surface area contributed by atoms with Crippen LogP contribution < -0.4 is 16.0 Å². The normalized spacial score (nSPS) is 24.8. The Hall–Kier alpha value is -2.49. The molecule has 33 heavy (non-hydrogen) atoms. The molecule has 3 unspecified atom stereocenters. The van der Waals surface area contributed by atoms with E-state index in [1.54, 1.807) is 12.1 Å². The molecule has 6 rings (SSSR count).